The van der Waals surface area contributed by atoms with Gasteiger partial charge in [0.15, 0.2) is 0 Å². The topological polar surface area (TPSA) is 64.6 Å². The highest BCUT2D eigenvalue weighted by Gasteiger charge is 2.19. The maximum atomic E-state index is 11.6. The summed E-state index contributed by atoms with van der Waals surface area (Å²) in [5, 5.41) is 3.15. The molecule has 1 heterocycles. The first kappa shape index (κ1) is 16.5. The first-order valence-electron chi connectivity index (χ1n) is 7.65. The van der Waals surface area contributed by atoms with E-state index in [0.717, 1.165) is 41.0 Å². The van der Waals surface area contributed by atoms with Crippen LogP contribution in [-0.2, 0) is 16.7 Å². The molecule has 0 unspecified atom stereocenters. The highest BCUT2D eigenvalue weighted by molar-refractivity contribution is 7.73. The van der Waals surface area contributed by atoms with Gasteiger partial charge < -0.3 is 14.8 Å². The number of hydrogen-bond acceptors (Lipinski definition) is 5. The van der Waals surface area contributed by atoms with Gasteiger partial charge in [-0.05, 0) is 48.4 Å². The summed E-state index contributed by atoms with van der Waals surface area (Å²) < 4.78 is 33.8. The molecule has 6 heteroatoms. The fourth-order valence-corrected chi connectivity index (χ4v) is 3.51. The Balaban J connectivity index is 2.18. The van der Waals surface area contributed by atoms with Gasteiger partial charge in [0.05, 0.1) is 19.1 Å². The third-order valence-corrected chi connectivity index (χ3v) is 4.95. The molecule has 24 heavy (non-hydrogen) atoms. The summed E-state index contributed by atoms with van der Waals surface area (Å²) in [6.07, 6.45) is 0.767. The van der Waals surface area contributed by atoms with Crippen molar-refractivity contribution in [3.63, 3.8) is 0 Å². The van der Waals surface area contributed by atoms with E-state index in [4.69, 9.17) is 9.47 Å². The lowest BCUT2D eigenvalue weighted by Gasteiger charge is -2.14. The molecule has 1 aliphatic heterocycles. The second-order valence-electron chi connectivity index (χ2n) is 5.52. The Morgan fingerprint density at radius 2 is 1.75 bits per heavy atom. The molecule has 3 rings (SSSR count). The highest BCUT2D eigenvalue weighted by Crippen LogP contribution is 2.34. The van der Waals surface area contributed by atoms with Crippen LogP contribution in [0.2, 0.25) is 0 Å². The molecule has 0 bridgehead atoms. The van der Waals surface area contributed by atoms with Crippen LogP contribution >= 0.6 is 0 Å². The summed E-state index contributed by atoms with van der Waals surface area (Å²) in [6, 6.07) is 11.6. The van der Waals surface area contributed by atoms with Gasteiger partial charge in [-0.25, -0.2) is 0 Å². The minimum absolute atomic E-state index is 0.341. The van der Waals surface area contributed by atoms with E-state index in [1.807, 2.05) is 36.4 Å². The molecule has 0 saturated heterocycles. The Morgan fingerprint density at radius 3 is 2.38 bits per heavy atom. The van der Waals surface area contributed by atoms with Crippen molar-refractivity contribution in [2.24, 2.45) is 0 Å². The van der Waals surface area contributed by atoms with Crippen LogP contribution in [-0.4, -0.2) is 40.6 Å². The summed E-state index contributed by atoms with van der Waals surface area (Å²) in [6.45, 7) is 1.08. The lowest BCUT2D eigenvalue weighted by Crippen LogP contribution is -2.22. The molecule has 5 nitrogen and oxygen atoms in total. The average Bonchev–Trinajstić information content (AvgIpc) is 2.82. The van der Waals surface area contributed by atoms with E-state index in [2.05, 4.69) is 5.32 Å². The van der Waals surface area contributed by atoms with E-state index in [-0.39, 0.29) is 0 Å². The monoisotopic (exact) mass is 345 g/mol. The van der Waals surface area contributed by atoms with Gasteiger partial charge in [-0.1, -0.05) is 12.1 Å². The van der Waals surface area contributed by atoms with E-state index in [0.29, 0.717) is 17.2 Å². The second kappa shape index (κ2) is 7.07. The third-order valence-electron chi connectivity index (χ3n) is 4.18. The van der Waals surface area contributed by atoms with E-state index < -0.39 is 10.3 Å². The van der Waals surface area contributed by atoms with Crippen molar-refractivity contribution in [2.75, 3.05) is 27.3 Å². The lowest BCUT2D eigenvalue weighted by molar-refractivity contribution is 0.414. The molecule has 0 radical (unpaired) electrons. The standard InChI is InChI=1S/C18H19NO4S/c1-22-14-5-3-12(4-6-14)15-9-13-7-8-19-11-18(24(20)21)16(13)10-17(15)23-2/h3-6,9-10,19H,7-8,11H2,1-2H3. The molecule has 0 atom stereocenters. The smallest absolute Gasteiger partial charge is 0.219 e. The zero-order valence-electron chi connectivity index (χ0n) is 13.6. The molecule has 0 fully saturated rings. The first-order valence-corrected chi connectivity index (χ1v) is 8.73. The summed E-state index contributed by atoms with van der Waals surface area (Å²) in [7, 11) is 0.967. The van der Waals surface area contributed by atoms with Gasteiger partial charge >= 0.3 is 0 Å². The van der Waals surface area contributed by atoms with E-state index in [1.54, 1.807) is 14.2 Å². The Morgan fingerprint density at radius 1 is 1.00 bits per heavy atom. The fourth-order valence-electron chi connectivity index (χ4n) is 2.93. The third kappa shape index (κ3) is 3.16. The SMILES string of the molecule is COc1ccc(-c2cc3c(cc2OC)C(=S(=O)=O)CNCC3)cc1. The fraction of sp³-hybridized carbons (Fsp3) is 0.278. The number of fused-ring (bicyclic) bond motifs is 1. The zero-order valence-corrected chi connectivity index (χ0v) is 14.4. The Labute approximate surface area is 142 Å². The van der Waals surface area contributed by atoms with Crippen molar-refractivity contribution in [3.8, 4) is 22.6 Å². The molecular weight excluding hydrogens is 326 g/mol. The van der Waals surface area contributed by atoms with Gasteiger partial charge in [-0.3, -0.25) is 0 Å². The van der Waals surface area contributed by atoms with Crippen molar-refractivity contribution >= 4 is 15.2 Å². The molecule has 0 aliphatic carbocycles. The zero-order chi connectivity index (χ0) is 17.1. The summed E-state index contributed by atoms with van der Waals surface area (Å²) >= 11 is 0. The molecule has 2 aromatic carbocycles. The Hall–Kier alpha value is -2.31. The molecule has 0 aromatic heterocycles. The van der Waals surface area contributed by atoms with E-state index in [1.165, 1.54) is 0 Å². The molecule has 0 saturated carbocycles. The van der Waals surface area contributed by atoms with Crippen molar-refractivity contribution in [1.82, 2.24) is 5.32 Å². The van der Waals surface area contributed by atoms with Crippen LogP contribution in [0.15, 0.2) is 36.4 Å². The second-order valence-corrected chi connectivity index (χ2v) is 6.49. The molecule has 0 amide bonds. The van der Waals surface area contributed by atoms with Crippen LogP contribution in [0.5, 0.6) is 11.5 Å². The number of nitrogens with one attached hydrogen (secondary N) is 1. The summed E-state index contributed by atoms with van der Waals surface area (Å²) in [5.41, 5.74) is 3.68. The molecular formula is C18H19NO4S. The molecule has 1 aliphatic rings. The van der Waals surface area contributed by atoms with Crippen LogP contribution in [0.4, 0.5) is 0 Å². The summed E-state index contributed by atoms with van der Waals surface area (Å²) in [5.74, 6) is 1.44. The predicted octanol–water partition coefficient (Wildman–Crippen LogP) is 1.92. The molecule has 0 spiro atoms. The molecule has 126 valence electrons. The van der Waals surface area contributed by atoms with Crippen molar-refractivity contribution in [3.05, 3.63) is 47.5 Å². The van der Waals surface area contributed by atoms with Gasteiger partial charge in [0.2, 0.25) is 10.3 Å². The maximum Gasteiger partial charge on any atom is 0.219 e. The van der Waals surface area contributed by atoms with Crippen molar-refractivity contribution in [1.29, 1.82) is 0 Å². The van der Waals surface area contributed by atoms with Gasteiger partial charge in [0.25, 0.3) is 0 Å². The van der Waals surface area contributed by atoms with Gasteiger partial charge in [-0.2, -0.15) is 8.42 Å². The summed E-state index contributed by atoms with van der Waals surface area (Å²) in [4.78, 5) is 0.377. The van der Waals surface area contributed by atoms with Crippen LogP contribution in [0.25, 0.3) is 11.1 Å². The van der Waals surface area contributed by atoms with Gasteiger partial charge in [0.1, 0.15) is 11.5 Å². The van der Waals surface area contributed by atoms with Crippen LogP contribution < -0.4 is 14.8 Å². The van der Waals surface area contributed by atoms with Crippen LogP contribution in [0.3, 0.4) is 0 Å². The number of rotatable bonds is 3. The largest absolute Gasteiger partial charge is 0.497 e. The van der Waals surface area contributed by atoms with Crippen molar-refractivity contribution in [2.45, 2.75) is 6.42 Å². The van der Waals surface area contributed by atoms with Gasteiger partial charge in [0, 0.05) is 17.7 Å². The quantitative estimate of drug-likeness (QED) is 0.861. The Kier molecular flexibility index (Phi) is 4.87. The predicted molar refractivity (Wildman–Crippen MR) is 94.6 cm³/mol. The normalized spacial score (nSPS) is 13.8. The highest BCUT2D eigenvalue weighted by atomic mass is 32.2. The minimum Gasteiger partial charge on any atom is -0.497 e. The lowest BCUT2D eigenvalue weighted by atomic mass is 9.95. The van der Waals surface area contributed by atoms with Crippen LogP contribution in [0.1, 0.15) is 11.1 Å². The van der Waals surface area contributed by atoms with Crippen LogP contribution in [0, 0.1) is 0 Å². The number of benzene rings is 2. The van der Waals surface area contributed by atoms with E-state index in [9.17, 15) is 8.42 Å². The Bertz CT molecular complexity index is 878. The maximum absolute atomic E-state index is 11.6. The minimum atomic E-state index is -2.26. The first-order chi connectivity index (χ1) is 11.6. The van der Waals surface area contributed by atoms with E-state index >= 15 is 0 Å². The van der Waals surface area contributed by atoms with Gasteiger partial charge in [-0.15, -0.1) is 0 Å². The number of hydrogen-bond donors (Lipinski definition) is 1. The average molecular weight is 345 g/mol. The molecule has 2 aromatic rings. The number of methoxy groups -OCH3 is 2. The van der Waals surface area contributed by atoms with Crippen molar-refractivity contribution < 1.29 is 17.9 Å². The molecule has 1 N–H and O–H groups in total. The number of ether oxygens (including phenoxy) is 2.